The van der Waals surface area contributed by atoms with Gasteiger partial charge in [0.15, 0.2) is 0 Å². The maximum atomic E-state index is 14.5. The lowest BCUT2D eigenvalue weighted by atomic mass is 9.70. The molecule has 8 heteroatoms. The minimum absolute atomic E-state index is 0.134. The zero-order valence-corrected chi connectivity index (χ0v) is 32.9. The van der Waals surface area contributed by atoms with Crippen LogP contribution in [0.2, 0.25) is 0 Å². The van der Waals surface area contributed by atoms with E-state index in [9.17, 15) is 13.6 Å². The highest BCUT2D eigenvalue weighted by Crippen LogP contribution is 2.58. The first kappa shape index (κ1) is 37.0. The Morgan fingerprint density at radius 3 is 1.78 bits per heavy atom. The quantitative estimate of drug-likeness (QED) is 0.175. The maximum absolute atomic E-state index is 14.5. The standard InChI is InChI=1S/C46H48F2N2O4/c1-24-26(3)41-36(38(44(7,8)53-41)30-12-18-33(47)19-13-30)28(5)39(24)49-40-25(2)27(4)42-37(29(40)6)46(45(9,10)54-42,32-16-20-34(48)21-17-32)50-43(51)31-14-22-35(52-11)23-15-31/h12-23,38,49H,1-11H3,(H,50,51). The van der Waals surface area contributed by atoms with Gasteiger partial charge in [-0.15, -0.1) is 0 Å². The lowest BCUT2D eigenvalue weighted by Crippen LogP contribution is -2.59. The molecule has 0 aliphatic carbocycles. The Labute approximate surface area is 316 Å². The molecule has 2 N–H and O–H groups in total. The zero-order valence-electron chi connectivity index (χ0n) is 32.9. The molecule has 0 saturated carbocycles. The number of carbonyl (C=O) groups excluding carboxylic acids is 1. The van der Waals surface area contributed by atoms with Crippen molar-refractivity contribution in [2.45, 2.75) is 91.9 Å². The zero-order chi connectivity index (χ0) is 39.1. The second-order valence-corrected chi connectivity index (χ2v) is 15.8. The Morgan fingerprint density at radius 2 is 1.20 bits per heavy atom. The molecule has 0 fully saturated rings. The van der Waals surface area contributed by atoms with Crippen molar-refractivity contribution in [2.75, 3.05) is 12.4 Å². The van der Waals surface area contributed by atoms with Crippen LogP contribution in [0.3, 0.4) is 0 Å². The fourth-order valence-corrected chi connectivity index (χ4v) is 8.81. The molecule has 2 unspecified atom stereocenters. The van der Waals surface area contributed by atoms with Gasteiger partial charge in [0, 0.05) is 28.1 Å². The smallest absolute Gasteiger partial charge is 0.252 e. The average molecular weight is 731 g/mol. The van der Waals surface area contributed by atoms with Gasteiger partial charge in [0.05, 0.1) is 13.0 Å². The van der Waals surface area contributed by atoms with Crippen LogP contribution in [0, 0.1) is 53.2 Å². The van der Waals surface area contributed by atoms with Crippen LogP contribution in [0.5, 0.6) is 17.2 Å². The summed E-state index contributed by atoms with van der Waals surface area (Å²) in [6, 6.07) is 19.9. The highest BCUT2D eigenvalue weighted by Gasteiger charge is 2.59. The van der Waals surface area contributed by atoms with Crippen molar-refractivity contribution in [2.24, 2.45) is 0 Å². The number of hydrogen-bond acceptors (Lipinski definition) is 5. The van der Waals surface area contributed by atoms with Crippen molar-refractivity contribution in [1.29, 1.82) is 0 Å². The fourth-order valence-electron chi connectivity index (χ4n) is 8.81. The van der Waals surface area contributed by atoms with Crippen molar-refractivity contribution >= 4 is 17.3 Å². The number of fused-ring (bicyclic) bond motifs is 2. The normalized spacial score (nSPS) is 19.0. The molecule has 2 aliphatic heterocycles. The van der Waals surface area contributed by atoms with E-state index < -0.39 is 16.7 Å². The van der Waals surface area contributed by atoms with Crippen LogP contribution in [0.1, 0.15) is 99.6 Å². The van der Waals surface area contributed by atoms with E-state index >= 15 is 0 Å². The molecule has 0 saturated heterocycles. The number of carbonyl (C=O) groups is 1. The molecule has 2 aliphatic rings. The topological polar surface area (TPSA) is 68.8 Å². The van der Waals surface area contributed by atoms with Crippen molar-refractivity contribution in [3.05, 3.63) is 146 Å². The van der Waals surface area contributed by atoms with Crippen LogP contribution in [0.15, 0.2) is 72.8 Å². The monoisotopic (exact) mass is 730 g/mol. The molecule has 54 heavy (non-hydrogen) atoms. The number of methoxy groups -OCH3 is 1. The molecular formula is C46H48F2N2O4. The van der Waals surface area contributed by atoms with Crippen molar-refractivity contribution in [3.63, 3.8) is 0 Å². The van der Waals surface area contributed by atoms with E-state index in [1.165, 1.54) is 24.3 Å². The van der Waals surface area contributed by atoms with Crippen molar-refractivity contribution in [3.8, 4) is 17.2 Å². The molecular weight excluding hydrogens is 683 g/mol. The maximum Gasteiger partial charge on any atom is 0.252 e. The number of halogens is 2. The SMILES string of the molecule is COc1ccc(C(=O)NC2(c3ccc(F)cc3)c3c(C)c(Nc4c(C)c(C)c5c(c4C)C(c4ccc(F)cc4)C(C)(C)O5)c(C)c(C)c3OC2(C)C)cc1. The van der Waals surface area contributed by atoms with E-state index in [2.05, 4.69) is 59.1 Å². The third kappa shape index (κ3) is 5.52. The summed E-state index contributed by atoms with van der Waals surface area (Å²) < 4.78 is 47.5. The summed E-state index contributed by atoms with van der Waals surface area (Å²) in [5, 5.41) is 7.30. The second-order valence-electron chi connectivity index (χ2n) is 15.8. The Morgan fingerprint density at radius 1 is 0.667 bits per heavy atom. The summed E-state index contributed by atoms with van der Waals surface area (Å²) in [5.41, 5.74) is 8.97. The van der Waals surface area contributed by atoms with Gasteiger partial charge < -0.3 is 24.8 Å². The van der Waals surface area contributed by atoms with Gasteiger partial charge in [-0.05, 0) is 162 Å². The van der Waals surface area contributed by atoms with E-state index in [1.807, 2.05) is 32.9 Å². The number of rotatable bonds is 7. The van der Waals surface area contributed by atoms with E-state index in [4.69, 9.17) is 14.2 Å². The van der Waals surface area contributed by atoms with Gasteiger partial charge in [0.25, 0.3) is 5.91 Å². The molecule has 7 rings (SSSR count). The lowest BCUT2D eigenvalue weighted by molar-refractivity contribution is 0.0473. The van der Waals surface area contributed by atoms with Crippen LogP contribution in [-0.2, 0) is 5.54 Å². The highest BCUT2D eigenvalue weighted by molar-refractivity contribution is 5.96. The summed E-state index contributed by atoms with van der Waals surface area (Å²) >= 11 is 0. The van der Waals surface area contributed by atoms with Crippen molar-refractivity contribution in [1.82, 2.24) is 5.32 Å². The van der Waals surface area contributed by atoms with Crippen LogP contribution in [0.4, 0.5) is 20.2 Å². The van der Waals surface area contributed by atoms with Gasteiger partial charge in [-0.2, -0.15) is 0 Å². The molecule has 5 aromatic rings. The first-order valence-electron chi connectivity index (χ1n) is 18.3. The number of anilines is 2. The molecule has 0 bridgehead atoms. The lowest BCUT2D eigenvalue weighted by Gasteiger charge is -2.42. The Balaban J connectivity index is 1.43. The minimum Gasteiger partial charge on any atom is -0.497 e. The fraction of sp³-hybridized carbons (Fsp3) is 0.326. The number of ether oxygens (including phenoxy) is 3. The van der Waals surface area contributed by atoms with Gasteiger partial charge in [-0.25, -0.2) is 8.78 Å². The number of amides is 1. The second kappa shape index (κ2) is 12.9. The highest BCUT2D eigenvalue weighted by atomic mass is 19.1. The van der Waals surface area contributed by atoms with Gasteiger partial charge in [0.2, 0.25) is 0 Å². The number of hydrogen-bond donors (Lipinski definition) is 2. The molecule has 0 radical (unpaired) electrons. The molecule has 1 amide bonds. The van der Waals surface area contributed by atoms with Crippen LogP contribution in [-0.4, -0.2) is 24.2 Å². The van der Waals surface area contributed by atoms with E-state index in [0.717, 1.165) is 67.2 Å². The average Bonchev–Trinajstić information content (AvgIpc) is 3.56. The third-order valence-electron chi connectivity index (χ3n) is 11.9. The molecule has 2 atom stereocenters. The van der Waals surface area contributed by atoms with Crippen LogP contribution in [0.25, 0.3) is 0 Å². The first-order valence-corrected chi connectivity index (χ1v) is 18.3. The summed E-state index contributed by atoms with van der Waals surface area (Å²) in [7, 11) is 1.58. The van der Waals surface area contributed by atoms with Gasteiger partial charge in [0.1, 0.15) is 45.6 Å². The predicted octanol–water partition coefficient (Wildman–Crippen LogP) is 10.7. The Hall–Kier alpha value is -5.37. The first-order chi connectivity index (χ1) is 25.4. The number of benzene rings is 5. The number of nitrogens with one attached hydrogen (secondary N) is 2. The Bertz CT molecular complexity index is 2310. The van der Waals surface area contributed by atoms with Gasteiger partial charge >= 0.3 is 0 Å². The molecule has 0 aromatic heterocycles. The third-order valence-corrected chi connectivity index (χ3v) is 11.9. The minimum atomic E-state index is -1.23. The van der Waals surface area contributed by atoms with Crippen LogP contribution >= 0.6 is 0 Å². The summed E-state index contributed by atoms with van der Waals surface area (Å²) in [4.78, 5) is 14.3. The van der Waals surface area contributed by atoms with Crippen LogP contribution < -0.4 is 24.8 Å². The summed E-state index contributed by atoms with van der Waals surface area (Å²) in [6.45, 7) is 20.5. The molecule has 0 spiro atoms. The molecule has 280 valence electrons. The predicted molar refractivity (Wildman–Crippen MR) is 210 cm³/mol. The van der Waals surface area contributed by atoms with Gasteiger partial charge in [-0.3, -0.25) is 4.79 Å². The Kier molecular flexibility index (Phi) is 8.82. The largest absolute Gasteiger partial charge is 0.497 e. The van der Waals surface area contributed by atoms with Gasteiger partial charge in [-0.1, -0.05) is 24.3 Å². The van der Waals surface area contributed by atoms with E-state index in [-0.39, 0.29) is 23.5 Å². The van der Waals surface area contributed by atoms with E-state index in [1.54, 1.807) is 43.5 Å². The molecule has 2 heterocycles. The van der Waals surface area contributed by atoms with E-state index in [0.29, 0.717) is 22.6 Å². The molecule has 6 nitrogen and oxygen atoms in total. The summed E-state index contributed by atoms with van der Waals surface area (Å²) in [6.07, 6.45) is 0. The summed E-state index contributed by atoms with van der Waals surface area (Å²) in [5.74, 6) is 1.08. The van der Waals surface area contributed by atoms with Crippen molar-refractivity contribution < 1.29 is 27.8 Å². The molecule has 5 aromatic carbocycles.